The lowest BCUT2D eigenvalue weighted by Crippen LogP contribution is -2.05. The molecule has 0 spiro atoms. The zero-order valence-corrected chi connectivity index (χ0v) is 9.85. The maximum Gasteiger partial charge on any atom is 0.219 e. The van der Waals surface area contributed by atoms with E-state index in [2.05, 4.69) is 71.7 Å². The van der Waals surface area contributed by atoms with Crippen LogP contribution in [0.15, 0.2) is 66.7 Å². The fraction of sp³-hybridized carbons (Fsp3) is 0. The second kappa shape index (κ2) is 3.54. The number of benzene rings is 3. The van der Waals surface area contributed by atoms with Gasteiger partial charge in [-0.1, -0.05) is 36.4 Å². The van der Waals surface area contributed by atoms with Crippen LogP contribution in [0.2, 0.25) is 0 Å². The first kappa shape index (κ1) is 9.60. The molecule has 0 fully saturated rings. The van der Waals surface area contributed by atoms with Crippen molar-refractivity contribution < 1.29 is 4.98 Å². The minimum absolute atomic E-state index is 1.18. The van der Waals surface area contributed by atoms with Crippen molar-refractivity contribution in [1.82, 2.24) is 0 Å². The van der Waals surface area contributed by atoms with Gasteiger partial charge in [0, 0.05) is 16.8 Å². The summed E-state index contributed by atoms with van der Waals surface area (Å²) in [5.41, 5.74) is 2.40. The Morgan fingerprint density at radius 3 is 2.28 bits per heavy atom. The van der Waals surface area contributed by atoms with Gasteiger partial charge in [0.15, 0.2) is 0 Å². The molecule has 1 N–H and O–H groups in total. The van der Waals surface area contributed by atoms with Crippen LogP contribution in [0.4, 0.5) is 0 Å². The molecule has 0 atom stereocenters. The van der Waals surface area contributed by atoms with Crippen LogP contribution in [-0.4, -0.2) is 0 Å². The largest absolute Gasteiger partial charge is 0.219 e. The summed E-state index contributed by atoms with van der Waals surface area (Å²) in [6.45, 7) is 0. The number of aromatic nitrogens is 1. The average molecular weight is 230 g/mol. The van der Waals surface area contributed by atoms with Crippen LogP contribution in [0.3, 0.4) is 0 Å². The van der Waals surface area contributed by atoms with Gasteiger partial charge in [-0.25, -0.2) is 4.98 Å². The van der Waals surface area contributed by atoms with Gasteiger partial charge in [0.05, 0.1) is 5.39 Å². The number of nitrogens with one attached hydrogen (secondary N) is 1. The molecule has 0 aliphatic carbocycles. The predicted octanol–water partition coefficient (Wildman–Crippen LogP) is 3.96. The number of hydrogen-bond donors (Lipinski definition) is 0. The third-order valence-corrected chi connectivity index (χ3v) is 3.49. The van der Waals surface area contributed by atoms with Crippen molar-refractivity contribution in [2.24, 2.45) is 0 Å². The highest BCUT2D eigenvalue weighted by atomic mass is 14.7. The zero-order chi connectivity index (χ0) is 11.9. The molecule has 0 unspecified atom stereocenters. The molecule has 4 aromatic rings. The van der Waals surface area contributed by atoms with Gasteiger partial charge in [-0.15, -0.1) is 0 Å². The number of pyridine rings is 1. The lowest BCUT2D eigenvalue weighted by molar-refractivity contribution is -0.309. The summed E-state index contributed by atoms with van der Waals surface area (Å²) >= 11 is 0. The molecule has 0 saturated heterocycles. The number of fused-ring (bicyclic) bond motifs is 4. The molecule has 4 rings (SSSR count). The van der Waals surface area contributed by atoms with E-state index in [1.54, 1.807) is 0 Å². The van der Waals surface area contributed by atoms with E-state index in [0.717, 1.165) is 0 Å². The zero-order valence-electron chi connectivity index (χ0n) is 9.85. The molecule has 1 aromatic heterocycles. The Labute approximate surface area is 105 Å². The Balaban J connectivity index is 2.27. The Morgan fingerprint density at radius 1 is 0.611 bits per heavy atom. The highest BCUT2D eigenvalue weighted by Crippen LogP contribution is 2.24. The molecule has 1 heteroatoms. The Morgan fingerprint density at radius 2 is 1.33 bits per heavy atom. The maximum absolute atomic E-state index is 3.55. The van der Waals surface area contributed by atoms with Crippen molar-refractivity contribution in [1.29, 1.82) is 0 Å². The molecule has 0 amide bonds. The summed E-state index contributed by atoms with van der Waals surface area (Å²) in [7, 11) is 0. The van der Waals surface area contributed by atoms with E-state index >= 15 is 0 Å². The van der Waals surface area contributed by atoms with Crippen LogP contribution in [-0.2, 0) is 0 Å². The summed E-state index contributed by atoms with van der Waals surface area (Å²) in [6, 6.07) is 23.5. The van der Waals surface area contributed by atoms with Gasteiger partial charge in [-0.3, -0.25) is 0 Å². The van der Waals surface area contributed by atoms with E-state index in [9.17, 15) is 0 Å². The first-order valence-electron chi connectivity index (χ1n) is 6.14. The molecule has 0 saturated carbocycles. The first-order chi connectivity index (χ1) is 8.92. The van der Waals surface area contributed by atoms with Crippen molar-refractivity contribution in [2.75, 3.05) is 0 Å². The molecule has 0 aliphatic rings. The summed E-state index contributed by atoms with van der Waals surface area (Å²) < 4.78 is 0. The second-order valence-electron chi connectivity index (χ2n) is 4.61. The minimum atomic E-state index is 1.18. The van der Waals surface area contributed by atoms with Crippen LogP contribution in [0.1, 0.15) is 0 Å². The quantitative estimate of drug-likeness (QED) is 0.321. The Hall–Kier alpha value is -2.41. The van der Waals surface area contributed by atoms with Gasteiger partial charge < -0.3 is 0 Å². The topological polar surface area (TPSA) is 14.1 Å². The van der Waals surface area contributed by atoms with Gasteiger partial charge >= 0.3 is 0 Å². The lowest BCUT2D eigenvalue weighted by Gasteiger charge is -2.00. The van der Waals surface area contributed by atoms with E-state index in [4.69, 9.17) is 0 Å². The third-order valence-electron chi connectivity index (χ3n) is 3.49. The van der Waals surface area contributed by atoms with Crippen molar-refractivity contribution in [3.63, 3.8) is 0 Å². The predicted molar refractivity (Wildman–Crippen MR) is 75.5 cm³/mol. The van der Waals surface area contributed by atoms with Gasteiger partial charge in [-0.2, -0.15) is 0 Å². The highest BCUT2D eigenvalue weighted by molar-refractivity contribution is 6.05. The standard InChI is InChI=1S/C17H11N/c1-3-7-15-12(5-1)9-10-14-11-13-6-2-4-8-16(13)18-17(14)15/h1-11H/p+1. The third kappa shape index (κ3) is 1.31. The highest BCUT2D eigenvalue weighted by Gasteiger charge is 2.08. The molecule has 3 aromatic carbocycles. The van der Waals surface area contributed by atoms with Gasteiger partial charge in [0.1, 0.15) is 0 Å². The van der Waals surface area contributed by atoms with Gasteiger partial charge in [-0.05, 0) is 29.7 Å². The Kier molecular flexibility index (Phi) is 1.89. The molecule has 84 valence electrons. The van der Waals surface area contributed by atoms with E-state index in [-0.39, 0.29) is 0 Å². The first-order valence-corrected chi connectivity index (χ1v) is 6.14. The van der Waals surface area contributed by atoms with Crippen LogP contribution in [0.25, 0.3) is 32.6 Å². The number of hydrogen-bond acceptors (Lipinski definition) is 0. The fourth-order valence-corrected chi connectivity index (χ4v) is 2.59. The molecular formula is C17H12N+. The van der Waals surface area contributed by atoms with E-state index < -0.39 is 0 Å². The van der Waals surface area contributed by atoms with Crippen molar-refractivity contribution >= 4 is 32.6 Å². The summed E-state index contributed by atoms with van der Waals surface area (Å²) in [6.07, 6.45) is 0. The molecule has 0 bridgehead atoms. The van der Waals surface area contributed by atoms with E-state index in [1.807, 2.05) is 0 Å². The maximum atomic E-state index is 3.55. The normalized spacial score (nSPS) is 11.3. The van der Waals surface area contributed by atoms with Crippen molar-refractivity contribution in [2.45, 2.75) is 0 Å². The van der Waals surface area contributed by atoms with Crippen LogP contribution in [0, 0.1) is 0 Å². The smallest absolute Gasteiger partial charge is 0.204 e. The molecule has 1 nitrogen and oxygen atoms in total. The molecule has 1 heterocycles. The average Bonchev–Trinajstić information content (AvgIpc) is 2.45. The minimum Gasteiger partial charge on any atom is -0.204 e. The van der Waals surface area contributed by atoms with Gasteiger partial charge in [0.25, 0.3) is 0 Å². The lowest BCUT2D eigenvalue weighted by atomic mass is 10.0. The monoisotopic (exact) mass is 230 g/mol. The van der Waals surface area contributed by atoms with Gasteiger partial charge in [0.2, 0.25) is 11.0 Å². The number of rotatable bonds is 0. The van der Waals surface area contributed by atoms with Crippen LogP contribution < -0.4 is 4.98 Å². The van der Waals surface area contributed by atoms with E-state index in [0.29, 0.717) is 0 Å². The van der Waals surface area contributed by atoms with Crippen LogP contribution in [0.5, 0.6) is 0 Å². The molecule has 18 heavy (non-hydrogen) atoms. The van der Waals surface area contributed by atoms with Crippen molar-refractivity contribution in [3.8, 4) is 0 Å². The number of para-hydroxylation sites is 1. The summed E-state index contributed by atoms with van der Waals surface area (Å²) in [5.74, 6) is 0. The molecular weight excluding hydrogens is 218 g/mol. The second-order valence-corrected chi connectivity index (χ2v) is 4.61. The Bertz CT molecular complexity index is 872. The van der Waals surface area contributed by atoms with Crippen molar-refractivity contribution in [3.05, 3.63) is 66.7 Å². The van der Waals surface area contributed by atoms with E-state index in [1.165, 1.54) is 32.6 Å². The summed E-state index contributed by atoms with van der Waals surface area (Å²) in [5, 5.41) is 5.06. The summed E-state index contributed by atoms with van der Waals surface area (Å²) in [4.78, 5) is 3.55. The fourth-order valence-electron chi connectivity index (χ4n) is 2.59. The number of H-pyrrole nitrogens is 1. The molecule has 0 aliphatic heterocycles. The number of aromatic amines is 1. The van der Waals surface area contributed by atoms with Crippen LogP contribution >= 0.6 is 0 Å². The SMILES string of the molecule is c1ccc2[nH+]c3c(ccc4ccccc43)cc2c1. The molecule has 0 radical (unpaired) electrons.